The quantitative estimate of drug-likeness (QED) is 0.692. The van der Waals surface area contributed by atoms with E-state index in [4.69, 9.17) is 0 Å². The molecular formula is C22H27F3N4O2. The van der Waals surface area contributed by atoms with Crippen molar-refractivity contribution < 1.29 is 23.1 Å². The molecule has 0 spiro atoms. The van der Waals surface area contributed by atoms with Gasteiger partial charge in [0, 0.05) is 37.5 Å². The molecule has 168 valence electrons. The Labute approximate surface area is 178 Å². The number of nitrogens with zero attached hydrogens (tertiary/aromatic N) is 3. The molecule has 2 heterocycles. The van der Waals surface area contributed by atoms with Gasteiger partial charge in [0.15, 0.2) is 5.78 Å². The fraction of sp³-hybridized carbons (Fsp3) is 0.591. The second kappa shape index (κ2) is 9.08. The minimum atomic E-state index is -4.45. The van der Waals surface area contributed by atoms with Gasteiger partial charge in [-0.1, -0.05) is 0 Å². The van der Waals surface area contributed by atoms with Crippen LogP contribution in [0.4, 0.5) is 19.0 Å². The van der Waals surface area contributed by atoms with Crippen LogP contribution in [0.3, 0.4) is 0 Å². The van der Waals surface area contributed by atoms with Crippen LogP contribution in [-0.2, 0) is 11.0 Å². The Morgan fingerprint density at radius 3 is 2.55 bits per heavy atom. The monoisotopic (exact) mass is 436 g/mol. The summed E-state index contributed by atoms with van der Waals surface area (Å²) in [7, 11) is 0. The maximum absolute atomic E-state index is 13.0. The summed E-state index contributed by atoms with van der Waals surface area (Å²) in [6.45, 7) is 2.12. The van der Waals surface area contributed by atoms with Gasteiger partial charge < -0.3 is 10.4 Å². The van der Waals surface area contributed by atoms with Gasteiger partial charge in [0.1, 0.15) is 12.1 Å². The van der Waals surface area contributed by atoms with E-state index < -0.39 is 11.7 Å². The van der Waals surface area contributed by atoms with Crippen molar-refractivity contribution in [1.82, 2.24) is 14.9 Å². The van der Waals surface area contributed by atoms with Gasteiger partial charge in [-0.3, -0.25) is 9.69 Å². The normalized spacial score (nSPS) is 23.0. The van der Waals surface area contributed by atoms with Crippen LogP contribution in [0.5, 0.6) is 0 Å². The van der Waals surface area contributed by atoms with Crippen LogP contribution < -0.4 is 5.32 Å². The van der Waals surface area contributed by atoms with Crippen LogP contribution in [0.15, 0.2) is 24.5 Å². The molecule has 4 rings (SSSR count). The number of Topliss-reactive ketones (excluding diaryl/α,β-unsaturated/α-hetero) is 1. The Morgan fingerprint density at radius 1 is 1.13 bits per heavy atom. The molecule has 1 aromatic carbocycles. The summed E-state index contributed by atoms with van der Waals surface area (Å²) in [5.41, 5.74) is -0.379. The number of ketones is 1. The third-order valence-electron chi connectivity index (χ3n) is 6.51. The number of benzene rings is 1. The molecule has 31 heavy (non-hydrogen) atoms. The molecule has 6 nitrogen and oxygen atoms in total. The number of hydrogen-bond acceptors (Lipinski definition) is 6. The molecule has 1 aliphatic carbocycles. The highest BCUT2D eigenvalue weighted by Crippen LogP contribution is 2.33. The first-order valence-electron chi connectivity index (χ1n) is 10.8. The van der Waals surface area contributed by atoms with Crippen LogP contribution in [-0.4, -0.2) is 58.0 Å². The number of fused-ring (bicyclic) bond motifs is 1. The number of anilines is 1. The number of aliphatic hydroxyl groups excluding tert-OH is 1. The number of alkyl halides is 3. The van der Waals surface area contributed by atoms with Crippen LogP contribution in [0.1, 0.15) is 37.7 Å². The average molecular weight is 436 g/mol. The van der Waals surface area contributed by atoms with E-state index in [9.17, 15) is 23.1 Å². The number of aliphatic hydroxyl groups is 1. The van der Waals surface area contributed by atoms with Gasteiger partial charge >= 0.3 is 6.18 Å². The van der Waals surface area contributed by atoms with E-state index in [1.165, 1.54) is 12.4 Å². The van der Waals surface area contributed by atoms with Crippen molar-refractivity contribution in [3.63, 3.8) is 0 Å². The lowest BCUT2D eigenvalue weighted by Gasteiger charge is -2.46. The van der Waals surface area contributed by atoms with Crippen LogP contribution in [0.25, 0.3) is 10.9 Å². The fourth-order valence-electron chi connectivity index (χ4n) is 4.68. The van der Waals surface area contributed by atoms with Gasteiger partial charge in [-0.05, 0) is 55.7 Å². The molecule has 0 bridgehead atoms. The number of aromatic nitrogens is 2. The summed E-state index contributed by atoms with van der Waals surface area (Å²) in [5.74, 6) is 1.02. The van der Waals surface area contributed by atoms with Crippen molar-refractivity contribution in [2.75, 3.05) is 31.6 Å². The average Bonchev–Trinajstić information content (AvgIpc) is 2.73. The Kier molecular flexibility index (Phi) is 6.43. The van der Waals surface area contributed by atoms with Gasteiger partial charge in [-0.2, -0.15) is 13.2 Å². The van der Waals surface area contributed by atoms with E-state index >= 15 is 0 Å². The Morgan fingerprint density at radius 2 is 1.87 bits per heavy atom. The third-order valence-corrected chi connectivity index (χ3v) is 6.51. The molecule has 1 saturated carbocycles. The predicted molar refractivity (Wildman–Crippen MR) is 111 cm³/mol. The van der Waals surface area contributed by atoms with Crippen LogP contribution in [0, 0.1) is 11.8 Å². The molecule has 2 N–H and O–H groups in total. The number of halogens is 3. The van der Waals surface area contributed by atoms with E-state index in [0.29, 0.717) is 29.8 Å². The fourth-order valence-corrected chi connectivity index (χ4v) is 4.68. The number of likely N-dealkylation sites (tertiary alicyclic amines) is 1. The molecule has 2 aliphatic rings. The summed E-state index contributed by atoms with van der Waals surface area (Å²) in [4.78, 5) is 22.9. The summed E-state index contributed by atoms with van der Waals surface area (Å²) < 4.78 is 39.1. The third kappa shape index (κ3) is 5.15. The summed E-state index contributed by atoms with van der Waals surface area (Å²) in [5, 5.41) is 12.4. The molecule has 1 saturated heterocycles. The molecule has 2 fully saturated rings. The topological polar surface area (TPSA) is 78.4 Å². The largest absolute Gasteiger partial charge is 0.416 e. The van der Waals surface area contributed by atoms with Gasteiger partial charge in [-0.15, -0.1) is 0 Å². The van der Waals surface area contributed by atoms with Gasteiger partial charge in [0.05, 0.1) is 17.6 Å². The molecule has 0 atom stereocenters. The first-order chi connectivity index (χ1) is 14.8. The highest BCUT2D eigenvalue weighted by atomic mass is 19.4. The number of hydrogen-bond donors (Lipinski definition) is 2. The molecule has 0 amide bonds. The van der Waals surface area contributed by atoms with E-state index in [1.807, 2.05) is 0 Å². The lowest BCUT2D eigenvalue weighted by molar-refractivity contribution is -0.137. The minimum Gasteiger partial charge on any atom is -0.396 e. The lowest BCUT2D eigenvalue weighted by Crippen LogP contribution is -2.53. The molecule has 9 heteroatoms. The van der Waals surface area contributed by atoms with Crippen molar-refractivity contribution >= 4 is 22.5 Å². The van der Waals surface area contributed by atoms with Crippen molar-refractivity contribution in [2.24, 2.45) is 11.8 Å². The summed E-state index contributed by atoms with van der Waals surface area (Å²) >= 11 is 0. The zero-order chi connectivity index (χ0) is 22.0. The highest BCUT2D eigenvalue weighted by Gasteiger charge is 2.35. The minimum absolute atomic E-state index is 0.0207. The molecular weight excluding hydrogens is 409 g/mol. The molecule has 0 unspecified atom stereocenters. The van der Waals surface area contributed by atoms with Crippen molar-refractivity contribution in [1.29, 1.82) is 0 Å². The van der Waals surface area contributed by atoms with Crippen molar-refractivity contribution in [3.05, 3.63) is 30.1 Å². The Bertz CT molecular complexity index is 923. The van der Waals surface area contributed by atoms with Gasteiger partial charge in [0.25, 0.3) is 0 Å². The van der Waals surface area contributed by atoms with Crippen LogP contribution >= 0.6 is 0 Å². The second-order valence-electron chi connectivity index (χ2n) is 8.73. The van der Waals surface area contributed by atoms with Crippen LogP contribution in [0.2, 0.25) is 0 Å². The number of carbonyl (C=O) groups is 1. The standard InChI is InChI=1S/C22H27F3N4O2/c23-22(24,25)16-3-6-20-19(8-16)21(28-13-27-20)26-9-18(31)7-15-10-29(11-15)17-4-1-14(12-30)2-5-17/h3,6,8,13-15,17,30H,1-2,4-5,7,9-12H2,(H,26,27,28). The van der Waals surface area contributed by atoms with Crippen molar-refractivity contribution in [3.8, 4) is 0 Å². The Hall–Kier alpha value is -2.26. The number of carbonyl (C=O) groups excluding carboxylic acids is 1. The van der Waals surface area contributed by atoms with E-state index in [-0.39, 0.29) is 30.1 Å². The predicted octanol–water partition coefficient (Wildman–Crippen LogP) is 3.50. The zero-order valence-electron chi connectivity index (χ0n) is 17.2. The maximum atomic E-state index is 13.0. The molecule has 1 aromatic heterocycles. The molecule has 2 aromatic rings. The number of nitrogens with one attached hydrogen (secondary N) is 1. The smallest absolute Gasteiger partial charge is 0.396 e. The zero-order valence-corrected chi connectivity index (χ0v) is 17.2. The van der Waals surface area contributed by atoms with E-state index in [0.717, 1.165) is 50.9 Å². The SMILES string of the molecule is O=C(CNc1ncnc2ccc(C(F)(F)F)cc12)CC1CN(C2CCC(CO)CC2)C1. The summed E-state index contributed by atoms with van der Waals surface area (Å²) in [6, 6.07) is 3.87. The molecule has 1 aliphatic heterocycles. The van der Waals surface area contributed by atoms with E-state index in [2.05, 4.69) is 20.2 Å². The highest BCUT2D eigenvalue weighted by molar-refractivity contribution is 5.91. The lowest BCUT2D eigenvalue weighted by atomic mass is 9.82. The molecule has 0 radical (unpaired) electrons. The summed E-state index contributed by atoms with van der Waals surface area (Å²) in [6.07, 6.45) is 1.61. The van der Waals surface area contributed by atoms with Gasteiger partial charge in [-0.25, -0.2) is 9.97 Å². The second-order valence-corrected chi connectivity index (χ2v) is 8.73. The maximum Gasteiger partial charge on any atom is 0.416 e. The first kappa shape index (κ1) is 22.0. The first-order valence-corrected chi connectivity index (χ1v) is 10.8. The Balaban J connectivity index is 1.27. The number of rotatable bonds is 7. The van der Waals surface area contributed by atoms with Gasteiger partial charge in [0.2, 0.25) is 0 Å². The van der Waals surface area contributed by atoms with Crippen molar-refractivity contribution in [2.45, 2.75) is 44.3 Å². The van der Waals surface area contributed by atoms with E-state index in [1.54, 1.807) is 0 Å².